The number of carbonyl (C=O) groups excluding carboxylic acids is 1. The van der Waals surface area contributed by atoms with E-state index in [9.17, 15) is 18.7 Å². The zero-order valence-electron chi connectivity index (χ0n) is 10.7. The highest BCUT2D eigenvalue weighted by Gasteiger charge is 2.22. The first-order valence-corrected chi connectivity index (χ1v) is 5.86. The molecule has 2 unspecified atom stereocenters. The summed E-state index contributed by atoms with van der Waals surface area (Å²) in [4.78, 5) is 11.3. The van der Waals surface area contributed by atoms with Gasteiger partial charge in [-0.25, -0.2) is 13.6 Å². The van der Waals surface area contributed by atoms with Crippen molar-refractivity contribution in [1.82, 2.24) is 0 Å². The molecule has 0 saturated heterocycles. The molecule has 0 aliphatic rings. The lowest BCUT2D eigenvalue weighted by molar-refractivity contribution is -0.153. The second-order valence-electron chi connectivity index (χ2n) is 3.93. The third kappa shape index (κ3) is 4.48. The highest BCUT2D eigenvalue weighted by Crippen LogP contribution is 2.23. The van der Waals surface area contributed by atoms with Gasteiger partial charge in [-0.3, -0.25) is 0 Å². The maximum atomic E-state index is 13.7. The van der Waals surface area contributed by atoms with Crippen LogP contribution in [0.4, 0.5) is 8.78 Å². The lowest BCUT2D eigenvalue weighted by Crippen LogP contribution is -2.16. The summed E-state index contributed by atoms with van der Waals surface area (Å²) in [7, 11) is 0. The molecule has 6 heteroatoms. The largest absolute Gasteiger partial charge is 0.490 e. The van der Waals surface area contributed by atoms with Crippen LogP contribution in [-0.4, -0.2) is 30.5 Å². The molecule has 1 rings (SSSR count). The van der Waals surface area contributed by atoms with Crippen LogP contribution in [0, 0.1) is 5.82 Å². The summed E-state index contributed by atoms with van der Waals surface area (Å²) in [6.45, 7) is 2.79. The second kappa shape index (κ2) is 7.04. The Kier molecular flexibility index (Phi) is 5.69. The third-order valence-electron chi connectivity index (χ3n) is 2.26. The molecule has 0 saturated carbocycles. The summed E-state index contributed by atoms with van der Waals surface area (Å²) in [5, 5.41) is 9.59. The average Bonchev–Trinajstić information content (AvgIpc) is 2.36. The SMILES string of the molecule is CCOC(=O)C(O)c1ccc(OCC(C)F)cc1F. The number of carbonyl (C=O) groups is 1. The van der Waals surface area contributed by atoms with Crippen LogP contribution in [0.15, 0.2) is 18.2 Å². The minimum Gasteiger partial charge on any atom is -0.490 e. The molecule has 4 nitrogen and oxygen atoms in total. The van der Waals surface area contributed by atoms with E-state index in [4.69, 9.17) is 4.74 Å². The quantitative estimate of drug-likeness (QED) is 0.808. The van der Waals surface area contributed by atoms with Crippen LogP contribution in [0.1, 0.15) is 25.5 Å². The summed E-state index contributed by atoms with van der Waals surface area (Å²) < 4.78 is 35.8. The molecule has 19 heavy (non-hydrogen) atoms. The van der Waals surface area contributed by atoms with E-state index in [1.54, 1.807) is 6.92 Å². The third-order valence-corrected chi connectivity index (χ3v) is 2.26. The molecule has 0 fully saturated rings. The van der Waals surface area contributed by atoms with Crippen LogP contribution in [0.25, 0.3) is 0 Å². The van der Waals surface area contributed by atoms with E-state index < -0.39 is 24.1 Å². The van der Waals surface area contributed by atoms with Gasteiger partial charge in [0.15, 0.2) is 6.10 Å². The van der Waals surface area contributed by atoms with Crippen molar-refractivity contribution >= 4 is 5.97 Å². The molecule has 0 amide bonds. The Morgan fingerprint density at radius 1 is 1.47 bits per heavy atom. The van der Waals surface area contributed by atoms with Gasteiger partial charge < -0.3 is 14.6 Å². The van der Waals surface area contributed by atoms with Crippen LogP contribution in [0.3, 0.4) is 0 Å². The van der Waals surface area contributed by atoms with Gasteiger partial charge in [0, 0.05) is 11.6 Å². The molecule has 106 valence electrons. The summed E-state index contributed by atoms with van der Waals surface area (Å²) in [5.41, 5.74) is -0.209. The van der Waals surface area contributed by atoms with Crippen molar-refractivity contribution in [2.24, 2.45) is 0 Å². The minimum absolute atomic E-state index is 0.0904. The molecule has 0 aliphatic heterocycles. The van der Waals surface area contributed by atoms with E-state index in [0.29, 0.717) is 0 Å². The molecule has 1 N–H and O–H groups in total. The molecule has 1 aromatic carbocycles. The molecule has 1 aromatic rings. The molecular weight excluding hydrogens is 258 g/mol. The van der Waals surface area contributed by atoms with Crippen molar-refractivity contribution in [2.45, 2.75) is 26.1 Å². The summed E-state index contributed by atoms with van der Waals surface area (Å²) in [5.74, 6) is -1.61. The Bertz CT molecular complexity index is 435. The number of ether oxygens (including phenoxy) is 2. The second-order valence-corrected chi connectivity index (χ2v) is 3.93. The van der Waals surface area contributed by atoms with Gasteiger partial charge in [0.1, 0.15) is 24.3 Å². The molecular formula is C13H16F2O4. The monoisotopic (exact) mass is 274 g/mol. The van der Waals surface area contributed by atoms with E-state index in [-0.39, 0.29) is 24.5 Å². The number of alkyl halides is 1. The van der Waals surface area contributed by atoms with Gasteiger partial charge in [0.05, 0.1) is 6.61 Å². The van der Waals surface area contributed by atoms with Gasteiger partial charge in [0.25, 0.3) is 0 Å². The first-order valence-electron chi connectivity index (χ1n) is 5.86. The Labute approximate surface area is 109 Å². The zero-order chi connectivity index (χ0) is 14.4. The fourth-order valence-electron chi connectivity index (χ4n) is 1.38. The Morgan fingerprint density at radius 2 is 2.16 bits per heavy atom. The van der Waals surface area contributed by atoms with Crippen LogP contribution in [-0.2, 0) is 9.53 Å². The Morgan fingerprint density at radius 3 is 2.68 bits per heavy atom. The first kappa shape index (κ1) is 15.4. The summed E-state index contributed by atoms with van der Waals surface area (Å²) in [6.07, 6.45) is -2.86. The van der Waals surface area contributed by atoms with Crippen molar-refractivity contribution in [3.63, 3.8) is 0 Å². The van der Waals surface area contributed by atoms with E-state index in [1.165, 1.54) is 19.1 Å². The van der Waals surface area contributed by atoms with Gasteiger partial charge >= 0.3 is 5.97 Å². The molecule has 0 spiro atoms. The number of aliphatic hydroxyl groups excluding tert-OH is 1. The number of esters is 1. The summed E-state index contributed by atoms with van der Waals surface area (Å²) in [6, 6.07) is 3.54. The predicted molar refractivity (Wildman–Crippen MR) is 64.1 cm³/mol. The normalized spacial score (nSPS) is 13.7. The minimum atomic E-state index is -1.69. The highest BCUT2D eigenvalue weighted by atomic mass is 19.1. The topological polar surface area (TPSA) is 55.8 Å². The Balaban J connectivity index is 2.79. The van der Waals surface area contributed by atoms with Gasteiger partial charge in [-0.05, 0) is 26.0 Å². The highest BCUT2D eigenvalue weighted by molar-refractivity contribution is 5.76. The number of hydrogen-bond donors (Lipinski definition) is 1. The van der Waals surface area contributed by atoms with E-state index in [2.05, 4.69) is 4.74 Å². The number of benzene rings is 1. The van der Waals surface area contributed by atoms with Gasteiger partial charge in [-0.1, -0.05) is 0 Å². The van der Waals surface area contributed by atoms with E-state index in [1.807, 2.05) is 0 Å². The van der Waals surface area contributed by atoms with E-state index >= 15 is 0 Å². The number of hydrogen-bond acceptors (Lipinski definition) is 4. The fourth-order valence-corrected chi connectivity index (χ4v) is 1.38. The number of rotatable bonds is 6. The average molecular weight is 274 g/mol. The first-order chi connectivity index (χ1) is 8.95. The van der Waals surface area contributed by atoms with Crippen molar-refractivity contribution in [1.29, 1.82) is 0 Å². The van der Waals surface area contributed by atoms with Gasteiger partial charge in [-0.15, -0.1) is 0 Å². The number of halogens is 2. The van der Waals surface area contributed by atoms with Crippen molar-refractivity contribution in [2.75, 3.05) is 13.2 Å². The van der Waals surface area contributed by atoms with Crippen LogP contribution in [0.2, 0.25) is 0 Å². The van der Waals surface area contributed by atoms with E-state index in [0.717, 1.165) is 6.07 Å². The predicted octanol–water partition coefficient (Wildman–Crippen LogP) is 2.16. The number of aliphatic hydroxyl groups is 1. The lowest BCUT2D eigenvalue weighted by atomic mass is 10.1. The maximum Gasteiger partial charge on any atom is 0.339 e. The molecule has 0 aromatic heterocycles. The van der Waals surface area contributed by atoms with Gasteiger partial charge in [0.2, 0.25) is 0 Å². The molecule has 0 aliphatic carbocycles. The summed E-state index contributed by atoms with van der Waals surface area (Å²) >= 11 is 0. The fraction of sp³-hybridized carbons (Fsp3) is 0.462. The van der Waals surface area contributed by atoms with Crippen LogP contribution < -0.4 is 4.74 Å². The maximum absolute atomic E-state index is 13.7. The van der Waals surface area contributed by atoms with Crippen molar-refractivity contribution in [3.05, 3.63) is 29.6 Å². The van der Waals surface area contributed by atoms with Crippen molar-refractivity contribution < 1.29 is 28.2 Å². The smallest absolute Gasteiger partial charge is 0.339 e. The van der Waals surface area contributed by atoms with Crippen LogP contribution >= 0.6 is 0 Å². The zero-order valence-corrected chi connectivity index (χ0v) is 10.7. The van der Waals surface area contributed by atoms with Crippen molar-refractivity contribution in [3.8, 4) is 5.75 Å². The molecule has 0 bridgehead atoms. The standard InChI is InChI=1S/C13H16F2O4/c1-3-18-13(17)12(16)10-5-4-9(6-11(10)15)19-7-8(2)14/h4-6,8,12,16H,3,7H2,1-2H3. The molecule has 0 heterocycles. The van der Waals surface area contributed by atoms with Crippen LogP contribution in [0.5, 0.6) is 5.75 Å². The lowest BCUT2D eigenvalue weighted by Gasteiger charge is -2.12. The Hall–Kier alpha value is -1.69. The molecule has 2 atom stereocenters. The van der Waals surface area contributed by atoms with Gasteiger partial charge in [-0.2, -0.15) is 0 Å². The molecule has 0 radical (unpaired) electrons.